The average molecular weight is 449 g/mol. The molecule has 0 unspecified atom stereocenters. The van der Waals surface area contributed by atoms with E-state index < -0.39 is 15.9 Å². The van der Waals surface area contributed by atoms with Crippen molar-refractivity contribution in [2.45, 2.75) is 30.7 Å². The van der Waals surface area contributed by atoms with Gasteiger partial charge in [-0.15, -0.1) is 0 Å². The standard InChI is InChI=1S/C26H28N2O3S/c1-20-11-8-9-17-24(20)25(21-12-4-2-5-13-21)27-26(29)22-14-10-18-28(19-22)32(30,31)23-15-6-3-7-16-23/h2-9,11-13,15-17,22,25H,10,14,18-19H2,1H3,(H,27,29)/t22-,25-/m1/s1. The van der Waals surface area contributed by atoms with Gasteiger partial charge in [-0.25, -0.2) is 8.42 Å². The molecule has 1 saturated heterocycles. The second-order valence-corrected chi connectivity index (χ2v) is 10.2. The molecule has 3 aromatic rings. The predicted octanol–water partition coefficient (Wildman–Crippen LogP) is 4.30. The first-order chi connectivity index (χ1) is 15.5. The van der Waals surface area contributed by atoms with Crippen molar-refractivity contribution in [1.82, 2.24) is 9.62 Å². The van der Waals surface area contributed by atoms with E-state index >= 15 is 0 Å². The summed E-state index contributed by atoms with van der Waals surface area (Å²) in [6.45, 7) is 2.66. The predicted molar refractivity (Wildman–Crippen MR) is 126 cm³/mol. The van der Waals surface area contributed by atoms with Gasteiger partial charge in [-0.2, -0.15) is 4.31 Å². The first-order valence-corrected chi connectivity index (χ1v) is 12.4. The van der Waals surface area contributed by atoms with Crippen LogP contribution in [0, 0.1) is 12.8 Å². The Bertz CT molecular complexity index is 1160. The van der Waals surface area contributed by atoms with Crippen LogP contribution in [0.2, 0.25) is 0 Å². The summed E-state index contributed by atoms with van der Waals surface area (Å²) in [5.74, 6) is -0.507. The molecule has 0 aromatic heterocycles. The Morgan fingerprint density at radius 2 is 1.56 bits per heavy atom. The van der Waals surface area contributed by atoms with Crippen LogP contribution in [0.15, 0.2) is 89.8 Å². The van der Waals surface area contributed by atoms with Gasteiger partial charge < -0.3 is 5.32 Å². The highest BCUT2D eigenvalue weighted by atomic mass is 32.2. The van der Waals surface area contributed by atoms with Crippen molar-refractivity contribution < 1.29 is 13.2 Å². The summed E-state index contributed by atoms with van der Waals surface area (Å²) < 4.78 is 27.6. The molecule has 5 nitrogen and oxygen atoms in total. The van der Waals surface area contributed by atoms with Gasteiger partial charge in [-0.3, -0.25) is 4.79 Å². The topological polar surface area (TPSA) is 66.5 Å². The second-order valence-electron chi connectivity index (χ2n) is 8.22. The van der Waals surface area contributed by atoms with Gasteiger partial charge in [0.05, 0.1) is 16.9 Å². The molecular formula is C26H28N2O3S. The quantitative estimate of drug-likeness (QED) is 0.611. The highest BCUT2D eigenvalue weighted by molar-refractivity contribution is 7.89. The van der Waals surface area contributed by atoms with E-state index in [9.17, 15) is 13.2 Å². The highest BCUT2D eigenvalue weighted by Crippen LogP contribution is 2.28. The molecule has 2 atom stereocenters. The second kappa shape index (κ2) is 9.67. The molecule has 1 aliphatic rings. The third-order valence-corrected chi connectivity index (χ3v) is 7.93. The Morgan fingerprint density at radius 3 is 2.25 bits per heavy atom. The summed E-state index contributed by atoms with van der Waals surface area (Å²) in [6, 6.07) is 26.0. The number of hydrogen-bond donors (Lipinski definition) is 1. The van der Waals surface area contributed by atoms with E-state index in [0.29, 0.717) is 19.4 Å². The summed E-state index contributed by atoms with van der Waals surface area (Å²) in [5.41, 5.74) is 3.13. The Kier molecular flexibility index (Phi) is 6.72. The fraction of sp³-hybridized carbons (Fsp3) is 0.269. The Labute approximate surface area is 190 Å². The summed E-state index contributed by atoms with van der Waals surface area (Å²) in [6.07, 6.45) is 1.33. The number of nitrogens with one attached hydrogen (secondary N) is 1. The van der Waals surface area contributed by atoms with E-state index in [1.54, 1.807) is 30.3 Å². The molecular weight excluding hydrogens is 420 g/mol. The SMILES string of the molecule is Cc1ccccc1[C@H](NC(=O)[C@@H]1CCCN(S(=O)(=O)c2ccccc2)C1)c1ccccc1. The number of carbonyl (C=O) groups is 1. The van der Waals surface area contributed by atoms with Crippen LogP contribution in [0.5, 0.6) is 0 Å². The first kappa shape index (κ1) is 22.2. The van der Waals surface area contributed by atoms with Gasteiger partial charge in [-0.05, 0) is 48.6 Å². The Morgan fingerprint density at radius 1 is 0.938 bits per heavy atom. The lowest BCUT2D eigenvalue weighted by molar-refractivity contribution is -0.126. The molecule has 0 spiro atoms. The van der Waals surface area contributed by atoms with Crippen LogP contribution in [-0.4, -0.2) is 31.7 Å². The number of rotatable bonds is 6. The molecule has 0 bridgehead atoms. The van der Waals surface area contributed by atoms with Gasteiger partial charge in [-0.1, -0.05) is 72.8 Å². The zero-order valence-corrected chi connectivity index (χ0v) is 19.0. The van der Waals surface area contributed by atoms with Crippen molar-refractivity contribution in [1.29, 1.82) is 0 Å². The van der Waals surface area contributed by atoms with E-state index in [2.05, 4.69) is 5.32 Å². The third-order valence-electron chi connectivity index (χ3n) is 6.05. The normalized spacial score (nSPS) is 18.1. The maximum Gasteiger partial charge on any atom is 0.243 e. The molecule has 4 rings (SSSR count). The summed E-state index contributed by atoms with van der Waals surface area (Å²) in [7, 11) is -3.61. The molecule has 1 N–H and O–H groups in total. The van der Waals surface area contributed by atoms with Crippen molar-refractivity contribution in [2.24, 2.45) is 5.92 Å². The van der Waals surface area contributed by atoms with E-state index in [1.807, 2.05) is 61.5 Å². The molecule has 32 heavy (non-hydrogen) atoms. The van der Waals surface area contributed by atoms with Crippen LogP contribution < -0.4 is 5.32 Å². The third kappa shape index (κ3) is 4.76. The molecule has 0 aliphatic carbocycles. The van der Waals surface area contributed by atoms with Gasteiger partial charge >= 0.3 is 0 Å². The van der Waals surface area contributed by atoms with Crippen LogP contribution >= 0.6 is 0 Å². The Hall–Kier alpha value is -2.96. The molecule has 0 radical (unpaired) electrons. The summed E-state index contributed by atoms with van der Waals surface area (Å²) >= 11 is 0. The summed E-state index contributed by atoms with van der Waals surface area (Å²) in [4.78, 5) is 13.6. The molecule has 166 valence electrons. The number of aryl methyl sites for hydroxylation is 1. The minimum atomic E-state index is -3.61. The number of piperidine rings is 1. The first-order valence-electron chi connectivity index (χ1n) is 10.9. The van der Waals surface area contributed by atoms with Crippen molar-refractivity contribution in [3.05, 3.63) is 102 Å². The molecule has 3 aromatic carbocycles. The lowest BCUT2D eigenvalue weighted by Crippen LogP contribution is -2.46. The molecule has 1 aliphatic heterocycles. The van der Waals surface area contributed by atoms with Crippen molar-refractivity contribution in [2.75, 3.05) is 13.1 Å². The minimum absolute atomic E-state index is 0.116. The molecule has 1 amide bonds. The largest absolute Gasteiger partial charge is 0.345 e. The van der Waals surface area contributed by atoms with Gasteiger partial charge in [0.1, 0.15) is 0 Å². The van der Waals surface area contributed by atoms with E-state index in [1.165, 1.54) is 4.31 Å². The van der Waals surface area contributed by atoms with Gasteiger partial charge in [0, 0.05) is 13.1 Å². The number of sulfonamides is 1. The van der Waals surface area contributed by atoms with Crippen molar-refractivity contribution in [3.63, 3.8) is 0 Å². The van der Waals surface area contributed by atoms with Crippen molar-refractivity contribution >= 4 is 15.9 Å². The van der Waals surface area contributed by atoms with E-state index in [-0.39, 0.29) is 23.4 Å². The maximum absolute atomic E-state index is 13.3. The van der Waals surface area contributed by atoms with E-state index in [0.717, 1.165) is 16.7 Å². The van der Waals surface area contributed by atoms with Crippen LogP contribution in [-0.2, 0) is 14.8 Å². The van der Waals surface area contributed by atoms with Crippen molar-refractivity contribution in [3.8, 4) is 0 Å². The molecule has 6 heteroatoms. The van der Waals surface area contributed by atoms with Gasteiger partial charge in [0.15, 0.2) is 0 Å². The monoisotopic (exact) mass is 448 g/mol. The molecule has 1 fully saturated rings. The smallest absolute Gasteiger partial charge is 0.243 e. The number of carbonyl (C=O) groups excluding carboxylic acids is 1. The lowest BCUT2D eigenvalue weighted by atomic mass is 9.93. The summed E-state index contributed by atoms with van der Waals surface area (Å²) in [5, 5.41) is 3.21. The number of nitrogens with zero attached hydrogens (tertiary/aromatic N) is 1. The minimum Gasteiger partial charge on any atom is -0.345 e. The Balaban J connectivity index is 1.55. The number of hydrogen-bond acceptors (Lipinski definition) is 3. The van der Waals surface area contributed by atoms with Crippen LogP contribution in [0.4, 0.5) is 0 Å². The van der Waals surface area contributed by atoms with E-state index in [4.69, 9.17) is 0 Å². The lowest BCUT2D eigenvalue weighted by Gasteiger charge is -2.32. The fourth-order valence-corrected chi connectivity index (χ4v) is 5.82. The van der Waals surface area contributed by atoms with Crippen LogP contribution in [0.3, 0.4) is 0 Å². The van der Waals surface area contributed by atoms with Gasteiger partial charge in [0.2, 0.25) is 15.9 Å². The van der Waals surface area contributed by atoms with Gasteiger partial charge in [0.25, 0.3) is 0 Å². The zero-order valence-electron chi connectivity index (χ0n) is 18.1. The van der Waals surface area contributed by atoms with Crippen LogP contribution in [0.25, 0.3) is 0 Å². The number of benzene rings is 3. The van der Waals surface area contributed by atoms with Crippen LogP contribution in [0.1, 0.15) is 35.6 Å². The maximum atomic E-state index is 13.3. The average Bonchev–Trinajstić information content (AvgIpc) is 2.84. The molecule has 0 saturated carbocycles. The fourth-order valence-electron chi connectivity index (χ4n) is 4.27. The highest BCUT2D eigenvalue weighted by Gasteiger charge is 2.34. The molecule has 1 heterocycles. The zero-order chi connectivity index (χ0) is 22.6. The number of amides is 1.